The lowest BCUT2D eigenvalue weighted by Crippen LogP contribution is -2.54. The molecule has 1 N–H and O–H groups in total. The van der Waals surface area contributed by atoms with E-state index < -0.39 is 5.60 Å². The zero-order valence-corrected chi connectivity index (χ0v) is 22.4. The normalized spacial score (nSPS) is 22.9. The summed E-state index contributed by atoms with van der Waals surface area (Å²) in [5.74, 6) is 0.361. The van der Waals surface area contributed by atoms with Crippen LogP contribution in [0.3, 0.4) is 0 Å². The van der Waals surface area contributed by atoms with Crippen LogP contribution in [0.1, 0.15) is 36.3 Å². The highest BCUT2D eigenvalue weighted by Crippen LogP contribution is 2.36. The minimum atomic E-state index is -0.840. The molecule has 3 aliphatic rings. The van der Waals surface area contributed by atoms with Crippen molar-refractivity contribution in [2.24, 2.45) is 10.9 Å². The summed E-state index contributed by atoms with van der Waals surface area (Å²) >= 11 is 0. The fourth-order valence-electron chi connectivity index (χ4n) is 6.37. The van der Waals surface area contributed by atoms with Gasteiger partial charge in [-0.25, -0.2) is 0 Å². The highest BCUT2D eigenvalue weighted by molar-refractivity contribution is 5.80. The third-order valence-electron chi connectivity index (χ3n) is 8.54. The van der Waals surface area contributed by atoms with E-state index in [9.17, 15) is 9.90 Å². The number of benzene rings is 2. The molecular formula is C32H37N5O2. The largest absolute Gasteiger partial charge is 0.388 e. The van der Waals surface area contributed by atoms with Gasteiger partial charge in [0.05, 0.1) is 11.0 Å². The van der Waals surface area contributed by atoms with Gasteiger partial charge in [0, 0.05) is 57.0 Å². The van der Waals surface area contributed by atoms with Crippen LogP contribution in [0.15, 0.2) is 84.0 Å². The van der Waals surface area contributed by atoms with Crippen LogP contribution < -0.4 is 10.7 Å². The highest BCUT2D eigenvalue weighted by Gasteiger charge is 2.41. The maximum Gasteiger partial charge on any atom is 0.226 e. The van der Waals surface area contributed by atoms with Crippen LogP contribution in [0.5, 0.6) is 0 Å². The van der Waals surface area contributed by atoms with Crippen LogP contribution >= 0.6 is 0 Å². The van der Waals surface area contributed by atoms with E-state index in [1.165, 1.54) is 11.1 Å². The molecule has 2 saturated heterocycles. The van der Waals surface area contributed by atoms with E-state index in [-0.39, 0.29) is 17.7 Å². The first kappa shape index (κ1) is 25.7. The average molecular weight is 524 g/mol. The Labute approximate surface area is 230 Å². The zero-order valence-electron chi connectivity index (χ0n) is 22.4. The lowest BCUT2D eigenvalue weighted by atomic mass is 9.79. The minimum absolute atomic E-state index is 0.0394. The molecule has 0 saturated carbocycles. The molecule has 7 nitrogen and oxygen atoms in total. The Bertz CT molecular complexity index is 1390. The van der Waals surface area contributed by atoms with Crippen molar-refractivity contribution in [2.45, 2.75) is 37.3 Å². The van der Waals surface area contributed by atoms with Crippen LogP contribution in [-0.4, -0.2) is 75.7 Å². The molecule has 2 aromatic carbocycles. The average Bonchev–Trinajstić information content (AvgIpc) is 2.98. The fourth-order valence-corrected chi connectivity index (χ4v) is 6.37. The first-order valence-electron chi connectivity index (χ1n) is 14.1. The summed E-state index contributed by atoms with van der Waals surface area (Å²) in [7, 11) is 0. The number of piperidine rings is 2. The minimum Gasteiger partial charge on any atom is -0.388 e. The van der Waals surface area contributed by atoms with Gasteiger partial charge >= 0.3 is 0 Å². The quantitative estimate of drug-likeness (QED) is 0.537. The van der Waals surface area contributed by atoms with Crippen molar-refractivity contribution in [3.05, 3.63) is 101 Å². The number of likely N-dealkylation sites (tertiary alicyclic amines) is 2. The second kappa shape index (κ2) is 11.3. The molecule has 1 aromatic heterocycles. The van der Waals surface area contributed by atoms with Gasteiger partial charge in [0.2, 0.25) is 5.91 Å². The smallest absolute Gasteiger partial charge is 0.226 e. The van der Waals surface area contributed by atoms with Crippen molar-refractivity contribution >= 4 is 12.1 Å². The van der Waals surface area contributed by atoms with Gasteiger partial charge < -0.3 is 14.9 Å². The summed E-state index contributed by atoms with van der Waals surface area (Å²) in [5, 5.41) is 13.1. The van der Waals surface area contributed by atoms with Gasteiger partial charge in [-0.3, -0.25) is 19.7 Å². The Balaban J connectivity index is 1.11. The van der Waals surface area contributed by atoms with Gasteiger partial charge in [0.25, 0.3) is 0 Å². The number of amides is 1. The molecule has 4 heterocycles. The Hall–Kier alpha value is -3.55. The summed E-state index contributed by atoms with van der Waals surface area (Å²) in [6.07, 6.45) is 5.75. The second-order valence-corrected chi connectivity index (χ2v) is 11.3. The molecule has 2 fully saturated rings. The Morgan fingerprint density at radius 2 is 1.69 bits per heavy atom. The van der Waals surface area contributed by atoms with Crippen LogP contribution in [-0.2, 0) is 11.3 Å². The van der Waals surface area contributed by atoms with E-state index in [1.807, 2.05) is 34.2 Å². The Morgan fingerprint density at radius 1 is 0.949 bits per heavy atom. The number of aromatic nitrogens is 1. The molecule has 6 rings (SSSR count). The molecule has 0 aliphatic carbocycles. The van der Waals surface area contributed by atoms with Crippen molar-refractivity contribution in [1.82, 2.24) is 19.7 Å². The number of hydrogen-bond donors (Lipinski definition) is 1. The SMILES string of the molecule is O=C([C@H]1CCN(Cc2ccccc2)C[C@@H]1c1ccccc1)N1CCC(O)(CN2C=c3ncccc3=NC2)CC1. The number of β-amino-alcohol motifs (C(OH)–C–C–N with tert-alkyl or cyclic N) is 1. The van der Waals surface area contributed by atoms with Gasteiger partial charge in [-0.15, -0.1) is 0 Å². The number of nitrogens with zero attached hydrogens (tertiary/aromatic N) is 5. The Morgan fingerprint density at radius 3 is 2.46 bits per heavy atom. The van der Waals surface area contributed by atoms with E-state index in [1.54, 1.807) is 6.20 Å². The van der Waals surface area contributed by atoms with Crippen LogP contribution in [0.25, 0.3) is 6.20 Å². The van der Waals surface area contributed by atoms with Gasteiger partial charge in [0.15, 0.2) is 0 Å². The lowest BCUT2D eigenvalue weighted by molar-refractivity contribution is -0.142. The standard InChI is InChI=1S/C32H37N5O2/c38-31(37-18-14-32(39,15-19-37)23-36-22-30-29(34-24-36)12-7-16-33-30)27-13-17-35(20-25-8-3-1-4-9-25)21-28(27)26-10-5-2-6-11-26/h1-12,16,22,27-28,39H,13-15,17-21,23-24H2/t27-,28+/m0/s1. The molecule has 0 bridgehead atoms. The summed E-state index contributed by atoms with van der Waals surface area (Å²) < 4.78 is 0. The number of carbonyl (C=O) groups is 1. The number of rotatable bonds is 6. The number of carbonyl (C=O) groups excluding carboxylic acids is 1. The number of pyridine rings is 1. The van der Waals surface area contributed by atoms with Crippen molar-refractivity contribution in [3.63, 3.8) is 0 Å². The summed E-state index contributed by atoms with van der Waals surface area (Å²) in [6, 6.07) is 25.0. The second-order valence-electron chi connectivity index (χ2n) is 11.3. The predicted molar refractivity (Wildman–Crippen MR) is 151 cm³/mol. The monoisotopic (exact) mass is 523 g/mol. The number of aliphatic hydroxyl groups is 1. The molecule has 202 valence electrons. The van der Waals surface area contributed by atoms with Crippen LogP contribution in [0, 0.1) is 5.92 Å². The third-order valence-corrected chi connectivity index (χ3v) is 8.54. The van der Waals surface area contributed by atoms with Gasteiger partial charge in [-0.1, -0.05) is 60.7 Å². The van der Waals surface area contributed by atoms with E-state index >= 15 is 0 Å². The Kier molecular flexibility index (Phi) is 7.44. The first-order valence-corrected chi connectivity index (χ1v) is 14.1. The van der Waals surface area contributed by atoms with E-state index in [4.69, 9.17) is 0 Å². The molecule has 0 unspecified atom stereocenters. The lowest BCUT2D eigenvalue weighted by Gasteiger charge is -2.44. The number of fused-ring (bicyclic) bond motifs is 1. The van der Waals surface area contributed by atoms with E-state index in [2.05, 4.69) is 69.5 Å². The molecule has 3 aliphatic heterocycles. The zero-order chi connectivity index (χ0) is 26.7. The van der Waals surface area contributed by atoms with Crippen molar-refractivity contribution < 1.29 is 9.90 Å². The molecule has 0 spiro atoms. The van der Waals surface area contributed by atoms with Crippen LogP contribution in [0.2, 0.25) is 0 Å². The molecule has 1 amide bonds. The maximum absolute atomic E-state index is 13.9. The van der Waals surface area contributed by atoms with Crippen molar-refractivity contribution in [3.8, 4) is 0 Å². The summed E-state index contributed by atoms with van der Waals surface area (Å²) in [6.45, 7) is 4.87. The third kappa shape index (κ3) is 5.89. The molecule has 3 aromatic rings. The first-order chi connectivity index (χ1) is 19.1. The topological polar surface area (TPSA) is 72.3 Å². The maximum atomic E-state index is 13.9. The van der Waals surface area contributed by atoms with Crippen molar-refractivity contribution in [2.75, 3.05) is 39.4 Å². The summed E-state index contributed by atoms with van der Waals surface area (Å²) in [4.78, 5) is 29.5. The number of hydrogen-bond acceptors (Lipinski definition) is 6. The van der Waals surface area contributed by atoms with E-state index in [0.717, 1.165) is 36.8 Å². The van der Waals surface area contributed by atoms with Gasteiger partial charge in [0.1, 0.15) is 12.0 Å². The predicted octanol–water partition coefficient (Wildman–Crippen LogP) is 2.37. The molecule has 2 atom stereocenters. The van der Waals surface area contributed by atoms with Crippen LogP contribution in [0.4, 0.5) is 0 Å². The van der Waals surface area contributed by atoms with Gasteiger partial charge in [-0.05, 0) is 49.1 Å². The molecule has 0 radical (unpaired) electrons. The van der Waals surface area contributed by atoms with E-state index in [0.29, 0.717) is 39.1 Å². The highest BCUT2D eigenvalue weighted by atomic mass is 16.3. The summed E-state index contributed by atoms with van der Waals surface area (Å²) in [5.41, 5.74) is 1.70. The molecule has 7 heteroatoms. The van der Waals surface area contributed by atoms with Crippen molar-refractivity contribution in [1.29, 1.82) is 0 Å². The van der Waals surface area contributed by atoms with Gasteiger partial charge in [-0.2, -0.15) is 0 Å². The fraction of sp³-hybridized carbons (Fsp3) is 0.406. The molecule has 39 heavy (non-hydrogen) atoms. The molecular weight excluding hydrogens is 486 g/mol.